The molecule has 2 atom stereocenters. The van der Waals surface area contributed by atoms with Gasteiger partial charge in [-0.2, -0.15) is 0 Å². The summed E-state index contributed by atoms with van der Waals surface area (Å²) in [6.07, 6.45) is 0. The van der Waals surface area contributed by atoms with Crippen molar-refractivity contribution in [2.24, 2.45) is 5.92 Å². The minimum Gasteiger partial charge on any atom is -0.493 e. The molecule has 1 aliphatic heterocycles. The highest BCUT2D eigenvalue weighted by Gasteiger charge is 2.29. The van der Waals surface area contributed by atoms with Crippen LogP contribution in [-0.2, 0) is 0 Å². The monoisotopic (exact) mass is 355 g/mol. The van der Waals surface area contributed by atoms with Crippen LogP contribution in [0.25, 0.3) is 0 Å². The number of hydrogen-bond acceptors (Lipinski definition) is 2. The van der Waals surface area contributed by atoms with Gasteiger partial charge in [0.05, 0.1) is 16.7 Å². The van der Waals surface area contributed by atoms with E-state index in [1.54, 1.807) is 0 Å². The average molecular weight is 357 g/mol. The summed E-state index contributed by atoms with van der Waals surface area (Å²) in [6, 6.07) is 13.3. The fourth-order valence-corrected chi connectivity index (χ4v) is 3.21. The SMILES string of the molecule is Clc1ccc(OCC2CNCC2c2ccc(Cl)c(Cl)c2)cc1. The Balaban J connectivity index is 1.67. The summed E-state index contributed by atoms with van der Waals surface area (Å²) in [5.74, 6) is 1.61. The van der Waals surface area contributed by atoms with Crippen LogP contribution in [0.3, 0.4) is 0 Å². The molecule has 0 amide bonds. The molecule has 1 N–H and O–H groups in total. The summed E-state index contributed by atoms with van der Waals surface area (Å²) in [5.41, 5.74) is 1.20. The van der Waals surface area contributed by atoms with Crippen molar-refractivity contribution in [2.45, 2.75) is 5.92 Å². The lowest BCUT2D eigenvalue weighted by Crippen LogP contribution is -2.19. The lowest BCUT2D eigenvalue weighted by atomic mass is 9.89. The maximum Gasteiger partial charge on any atom is 0.119 e. The molecule has 0 saturated carbocycles. The van der Waals surface area contributed by atoms with Crippen molar-refractivity contribution in [3.63, 3.8) is 0 Å². The van der Waals surface area contributed by atoms with Crippen LogP contribution in [-0.4, -0.2) is 19.7 Å². The zero-order valence-electron chi connectivity index (χ0n) is 11.9. The summed E-state index contributed by atoms with van der Waals surface area (Å²) in [5, 5.41) is 5.32. The van der Waals surface area contributed by atoms with E-state index in [0.717, 1.165) is 18.8 Å². The highest BCUT2D eigenvalue weighted by atomic mass is 35.5. The van der Waals surface area contributed by atoms with E-state index in [1.807, 2.05) is 42.5 Å². The molecule has 1 aliphatic rings. The van der Waals surface area contributed by atoms with E-state index < -0.39 is 0 Å². The van der Waals surface area contributed by atoms with Crippen molar-refractivity contribution in [2.75, 3.05) is 19.7 Å². The van der Waals surface area contributed by atoms with E-state index in [-0.39, 0.29) is 0 Å². The van der Waals surface area contributed by atoms with Crippen LogP contribution in [0.2, 0.25) is 15.1 Å². The summed E-state index contributed by atoms with van der Waals surface area (Å²) in [4.78, 5) is 0. The van der Waals surface area contributed by atoms with Gasteiger partial charge in [0.2, 0.25) is 0 Å². The Labute approximate surface area is 145 Å². The van der Waals surface area contributed by atoms with E-state index in [0.29, 0.717) is 33.5 Å². The molecule has 3 rings (SSSR count). The molecule has 0 aliphatic carbocycles. The van der Waals surface area contributed by atoms with Crippen LogP contribution in [0.4, 0.5) is 0 Å². The van der Waals surface area contributed by atoms with Crippen LogP contribution in [0.1, 0.15) is 11.5 Å². The molecule has 2 aromatic rings. The molecule has 1 saturated heterocycles. The van der Waals surface area contributed by atoms with Gasteiger partial charge in [-0.1, -0.05) is 40.9 Å². The lowest BCUT2D eigenvalue weighted by Gasteiger charge is -2.20. The molecule has 5 heteroatoms. The van der Waals surface area contributed by atoms with Crippen molar-refractivity contribution < 1.29 is 4.74 Å². The first-order chi connectivity index (χ1) is 10.6. The zero-order valence-corrected chi connectivity index (χ0v) is 14.1. The van der Waals surface area contributed by atoms with E-state index in [9.17, 15) is 0 Å². The van der Waals surface area contributed by atoms with E-state index >= 15 is 0 Å². The number of hydrogen-bond donors (Lipinski definition) is 1. The number of ether oxygens (including phenoxy) is 1. The van der Waals surface area contributed by atoms with Crippen molar-refractivity contribution in [3.05, 3.63) is 63.1 Å². The van der Waals surface area contributed by atoms with Gasteiger partial charge in [-0.15, -0.1) is 0 Å². The molecule has 0 spiro atoms. The van der Waals surface area contributed by atoms with Crippen LogP contribution < -0.4 is 10.1 Å². The zero-order chi connectivity index (χ0) is 15.5. The molecular weight excluding hydrogens is 341 g/mol. The molecular formula is C17H16Cl3NO. The number of halogens is 3. The highest BCUT2D eigenvalue weighted by Crippen LogP contribution is 2.32. The van der Waals surface area contributed by atoms with E-state index in [2.05, 4.69) is 5.32 Å². The minimum atomic E-state index is 0.377. The van der Waals surface area contributed by atoms with E-state index in [1.165, 1.54) is 5.56 Å². The van der Waals surface area contributed by atoms with Gasteiger partial charge in [-0.3, -0.25) is 0 Å². The number of nitrogens with one attached hydrogen (secondary N) is 1. The van der Waals surface area contributed by atoms with Gasteiger partial charge in [-0.05, 0) is 42.0 Å². The second kappa shape index (κ2) is 7.10. The molecule has 1 fully saturated rings. The predicted molar refractivity (Wildman–Crippen MR) is 92.5 cm³/mol. The number of benzene rings is 2. The normalized spacial score (nSPS) is 21.0. The molecule has 116 valence electrons. The largest absolute Gasteiger partial charge is 0.493 e. The minimum absolute atomic E-state index is 0.377. The van der Waals surface area contributed by atoms with Crippen molar-refractivity contribution in [3.8, 4) is 5.75 Å². The standard InChI is InChI=1S/C17H16Cl3NO/c18-13-2-4-14(5-3-13)22-10-12-8-21-9-15(12)11-1-6-16(19)17(20)7-11/h1-7,12,15,21H,8-10H2. The maximum atomic E-state index is 6.13. The van der Waals surface area contributed by atoms with Crippen LogP contribution in [0.15, 0.2) is 42.5 Å². The van der Waals surface area contributed by atoms with Crippen LogP contribution >= 0.6 is 34.8 Å². The molecule has 2 aromatic carbocycles. The van der Waals surface area contributed by atoms with Gasteiger partial charge >= 0.3 is 0 Å². The molecule has 22 heavy (non-hydrogen) atoms. The fraction of sp³-hybridized carbons (Fsp3) is 0.294. The molecule has 0 bridgehead atoms. The second-order valence-electron chi connectivity index (χ2n) is 5.46. The highest BCUT2D eigenvalue weighted by molar-refractivity contribution is 6.42. The first-order valence-corrected chi connectivity index (χ1v) is 8.31. The van der Waals surface area contributed by atoms with Gasteiger partial charge in [0.25, 0.3) is 0 Å². The van der Waals surface area contributed by atoms with E-state index in [4.69, 9.17) is 39.5 Å². The van der Waals surface area contributed by atoms with Crippen molar-refractivity contribution >= 4 is 34.8 Å². The number of rotatable bonds is 4. The van der Waals surface area contributed by atoms with Gasteiger partial charge in [0, 0.05) is 29.9 Å². The van der Waals surface area contributed by atoms with Gasteiger partial charge in [-0.25, -0.2) is 0 Å². The summed E-state index contributed by atoms with van der Waals surface area (Å²) in [7, 11) is 0. The third-order valence-corrected chi connectivity index (χ3v) is 4.98. The summed E-state index contributed by atoms with van der Waals surface area (Å²) < 4.78 is 5.89. The molecule has 0 aromatic heterocycles. The Morgan fingerprint density at radius 2 is 1.73 bits per heavy atom. The lowest BCUT2D eigenvalue weighted by molar-refractivity contribution is 0.248. The Morgan fingerprint density at radius 3 is 2.45 bits per heavy atom. The van der Waals surface area contributed by atoms with Gasteiger partial charge in [0.15, 0.2) is 0 Å². The Bertz CT molecular complexity index is 645. The fourth-order valence-electron chi connectivity index (χ4n) is 2.78. The topological polar surface area (TPSA) is 21.3 Å². The Hall–Kier alpha value is -0.930. The predicted octanol–water partition coefficient (Wildman–Crippen LogP) is 5.03. The average Bonchev–Trinajstić information content (AvgIpc) is 2.98. The molecule has 1 heterocycles. The molecule has 2 nitrogen and oxygen atoms in total. The third-order valence-electron chi connectivity index (χ3n) is 3.99. The van der Waals surface area contributed by atoms with Gasteiger partial charge in [0.1, 0.15) is 5.75 Å². The maximum absolute atomic E-state index is 6.13. The van der Waals surface area contributed by atoms with Crippen molar-refractivity contribution in [1.82, 2.24) is 5.32 Å². The molecule has 0 radical (unpaired) electrons. The van der Waals surface area contributed by atoms with Crippen molar-refractivity contribution in [1.29, 1.82) is 0 Å². The first-order valence-electron chi connectivity index (χ1n) is 7.17. The summed E-state index contributed by atoms with van der Waals surface area (Å²) >= 11 is 18.0. The van der Waals surface area contributed by atoms with Crippen LogP contribution in [0, 0.1) is 5.92 Å². The smallest absolute Gasteiger partial charge is 0.119 e. The van der Waals surface area contributed by atoms with Gasteiger partial charge < -0.3 is 10.1 Å². The van der Waals surface area contributed by atoms with Crippen LogP contribution in [0.5, 0.6) is 5.75 Å². The second-order valence-corrected chi connectivity index (χ2v) is 6.71. The summed E-state index contributed by atoms with van der Waals surface area (Å²) in [6.45, 7) is 2.50. The first kappa shape index (κ1) is 15.9. The molecule has 2 unspecified atom stereocenters. The Morgan fingerprint density at radius 1 is 0.955 bits per heavy atom. The third kappa shape index (κ3) is 3.69. The Kier molecular flexibility index (Phi) is 5.14. The quantitative estimate of drug-likeness (QED) is 0.829.